The molecule has 0 bridgehead atoms. The summed E-state index contributed by atoms with van der Waals surface area (Å²) in [5.74, 6) is -0.130. The molecule has 24 heavy (non-hydrogen) atoms. The minimum absolute atomic E-state index is 0.130. The Morgan fingerprint density at radius 2 is 1.92 bits per heavy atom. The topological polar surface area (TPSA) is 75.5 Å². The molecule has 1 amide bonds. The number of hydrogen-bond donors (Lipinski definition) is 0. The molecule has 0 N–H and O–H groups in total. The molecule has 2 aromatic heterocycles. The number of aryl methyl sites for hydroxylation is 2. The zero-order valence-electron chi connectivity index (χ0n) is 13.3. The second-order valence-corrected chi connectivity index (χ2v) is 9.43. The molecule has 1 fully saturated rings. The van der Waals surface area contributed by atoms with Gasteiger partial charge in [-0.1, -0.05) is 11.6 Å². The van der Waals surface area contributed by atoms with E-state index in [4.69, 9.17) is 11.6 Å². The first-order valence-electron chi connectivity index (χ1n) is 7.34. The Labute approximate surface area is 149 Å². The summed E-state index contributed by atoms with van der Waals surface area (Å²) in [6.07, 6.45) is 0. The largest absolute Gasteiger partial charge is 0.335 e. The fraction of sp³-hybridized carbons (Fsp3) is 0.429. The molecule has 3 heterocycles. The quantitative estimate of drug-likeness (QED) is 0.800. The van der Waals surface area contributed by atoms with Crippen molar-refractivity contribution in [2.45, 2.75) is 11.1 Å². The van der Waals surface area contributed by atoms with Crippen molar-refractivity contribution < 1.29 is 13.2 Å². The number of piperazine rings is 1. The maximum absolute atomic E-state index is 12.6. The minimum atomic E-state index is -3.55. The summed E-state index contributed by atoms with van der Waals surface area (Å²) in [7, 11) is -1.82. The first-order chi connectivity index (χ1) is 11.3. The summed E-state index contributed by atoms with van der Waals surface area (Å²) in [5, 5.41) is 4.17. The predicted molar refractivity (Wildman–Crippen MR) is 91.9 cm³/mol. The maximum Gasteiger partial charge on any atom is 0.272 e. The molecule has 10 heteroatoms. The van der Waals surface area contributed by atoms with E-state index < -0.39 is 10.0 Å². The van der Waals surface area contributed by atoms with Gasteiger partial charge in [-0.3, -0.25) is 9.48 Å². The van der Waals surface area contributed by atoms with Gasteiger partial charge >= 0.3 is 0 Å². The lowest BCUT2D eigenvalue weighted by Gasteiger charge is -2.33. The van der Waals surface area contributed by atoms with Crippen LogP contribution in [0.5, 0.6) is 0 Å². The molecular formula is C14H17ClN4O3S2. The molecule has 0 aliphatic carbocycles. The Hall–Kier alpha value is -1.42. The number of hydrogen-bond acceptors (Lipinski definition) is 5. The third-order valence-electron chi connectivity index (χ3n) is 3.89. The Kier molecular flexibility index (Phi) is 4.69. The van der Waals surface area contributed by atoms with Crippen molar-refractivity contribution in [2.75, 3.05) is 26.2 Å². The fourth-order valence-electron chi connectivity index (χ4n) is 2.67. The molecule has 1 aliphatic rings. The molecule has 0 atom stereocenters. The van der Waals surface area contributed by atoms with E-state index in [0.717, 1.165) is 17.0 Å². The zero-order chi connectivity index (χ0) is 17.5. The number of nitrogens with zero attached hydrogens (tertiary/aromatic N) is 4. The highest BCUT2D eigenvalue weighted by Crippen LogP contribution is 2.28. The number of amides is 1. The van der Waals surface area contributed by atoms with Crippen molar-refractivity contribution in [3.8, 4) is 0 Å². The molecule has 1 aliphatic heterocycles. The van der Waals surface area contributed by atoms with Crippen molar-refractivity contribution in [3.05, 3.63) is 33.9 Å². The molecule has 0 radical (unpaired) electrons. The van der Waals surface area contributed by atoms with Crippen molar-refractivity contribution in [1.29, 1.82) is 0 Å². The number of carbonyl (C=O) groups excluding carboxylic acids is 1. The molecule has 130 valence electrons. The van der Waals surface area contributed by atoms with Crippen LogP contribution in [0.15, 0.2) is 22.4 Å². The van der Waals surface area contributed by atoms with Crippen LogP contribution >= 0.6 is 22.9 Å². The summed E-state index contributed by atoms with van der Waals surface area (Å²) < 4.78 is 28.7. The van der Waals surface area contributed by atoms with Crippen LogP contribution < -0.4 is 0 Å². The number of halogens is 1. The molecule has 0 unspecified atom stereocenters. The van der Waals surface area contributed by atoms with E-state index in [-0.39, 0.29) is 23.2 Å². The highest BCUT2D eigenvalue weighted by Gasteiger charge is 2.32. The highest BCUT2D eigenvalue weighted by atomic mass is 35.5. The average Bonchev–Trinajstić information content (AvgIpc) is 3.12. The first kappa shape index (κ1) is 17.4. The molecular weight excluding hydrogens is 372 g/mol. The van der Waals surface area contributed by atoms with Gasteiger partial charge < -0.3 is 4.90 Å². The summed E-state index contributed by atoms with van der Waals surface area (Å²) in [6, 6.07) is 4.82. The molecule has 0 aromatic carbocycles. The van der Waals surface area contributed by atoms with E-state index >= 15 is 0 Å². The second kappa shape index (κ2) is 6.47. The van der Waals surface area contributed by atoms with E-state index in [1.54, 1.807) is 28.8 Å². The van der Waals surface area contributed by atoms with E-state index in [1.807, 2.05) is 6.92 Å². The third kappa shape index (κ3) is 3.21. The first-order valence-corrected chi connectivity index (χ1v) is 9.98. The number of carbonyl (C=O) groups is 1. The number of aromatic nitrogens is 2. The zero-order valence-corrected chi connectivity index (χ0v) is 15.7. The predicted octanol–water partition coefficient (Wildman–Crippen LogP) is 1.59. The molecule has 1 saturated heterocycles. The Balaban J connectivity index is 1.70. The maximum atomic E-state index is 12.6. The van der Waals surface area contributed by atoms with Gasteiger partial charge in [-0.25, -0.2) is 8.42 Å². The van der Waals surface area contributed by atoms with Crippen LogP contribution in [0, 0.1) is 6.92 Å². The summed E-state index contributed by atoms with van der Waals surface area (Å²) in [6.45, 7) is 3.05. The lowest BCUT2D eigenvalue weighted by atomic mass is 10.3. The van der Waals surface area contributed by atoms with Crippen LogP contribution in [-0.4, -0.2) is 59.5 Å². The normalized spacial score (nSPS) is 16.5. The lowest BCUT2D eigenvalue weighted by molar-refractivity contribution is 0.0687. The van der Waals surface area contributed by atoms with Crippen molar-refractivity contribution >= 4 is 38.9 Å². The van der Waals surface area contributed by atoms with E-state index in [0.29, 0.717) is 23.1 Å². The third-order valence-corrected chi connectivity index (χ3v) is 7.49. The van der Waals surface area contributed by atoms with E-state index in [2.05, 4.69) is 5.10 Å². The van der Waals surface area contributed by atoms with Crippen LogP contribution in [0.4, 0.5) is 0 Å². The summed E-state index contributed by atoms with van der Waals surface area (Å²) in [4.78, 5) is 14.2. The molecule has 3 rings (SSSR count). The monoisotopic (exact) mass is 388 g/mol. The standard InChI is InChI=1S/C14H17ClN4O3S2/c1-10-9-11(17(2)16-10)14(20)18-5-7-19(8-6-18)24(21,22)13-4-3-12(15)23-13/h3-4,9H,5-8H2,1-2H3. The van der Waals surface area contributed by atoms with Gasteiger partial charge in [0.2, 0.25) is 0 Å². The van der Waals surface area contributed by atoms with Crippen LogP contribution in [0.3, 0.4) is 0 Å². The van der Waals surface area contributed by atoms with Crippen molar-refractivity contribution in [3.63, 3.8) is 0 Å². The second-order valence-electron chi connectivity index (χ2n) is 5.55. The van der Waals surface area contributed by atoms with Crippen LogP contribution in [0.1, 0.15) is 16.2 Å². The fourth-order valence-corrected chi connectivity index (χ4v) is 5.73. The van der Waals surface area contributed by atoms with Crippen molar-refractivity contribution in [2.24, 2.45) is 7.05 Å². The molecule has 2 aromatic rings. The summed E-state index contributed by atoms with van der Waals surface area (Å²) in [5.41, 5.74) is 1.28. The Morgan fingerprint density at radius 3 is 2.42 bits per heavy atom. The average molecular weight is 389 g/mol. The van der Waals surface area contributed by atoms with Gasteiger partial charge in [-0.15, -0.1) is 11.3 Å². The minimum Gasteiger partial charge on any atom is -0.335 e. The van der Waals surface area contributed by atoms with E-state index in [1.165, 1.54) is 10.4 Å². The van der Waals surface area contributed by atoms with Gasteiger partial charge in [0, 0.05) is 33.2 Å². The van der Waals surface area contributed by atoms with E-state index in [9.17, 15) is 13.2 Å². The number of sulfonamides is 1. The van der Waals surface area contributed by atoms with Gasteiger partial charge in [-0.2, -0.15) is 9.40 Å². The molecule has 0 saturated carbocycles. The SMILES string of the molecule is Cc1cc(C(=O)N2CCN(S(=O)(=O)c3ccc(Cl)s3)CC2)n(C)n1. The van der Waals surface area contributed by atoms with Gasteiger partial charge in [0.15, 0.2) is 0 Å². The van der Waals surface area contributed by atoms with Gasteiger partial charge in [0.1, 0.15) is 9.90 Å². The Bertz CT molecular complexity index is 866. The number of thiophene rings is 1. The lowest BCUT2D eigenvalue weighted by Crippen LogP contribution is -2.50. The Morgan fingerprint density at radius 1 is 1.25 bits per heavy atom. The van der Waals surface area contributed by atoms with Gasteiger partial charge in [0.25, 0.3) is 15.9 Å². The van der Waals surface area contributed by atoms with Gasteiger partial charge in [-0.05, 0) is 25.1 Å². The molecule has 7 nitrogen and oxygen atoms in total. The van der Waals surface area contributed by atoms with Crippen molar-refractivity contribution in [1.82, 2.24) is 19.0 Å². The van der Waals surface area contributed by atoms with Crippen LogP contribution in [0.25, 0.3) is 0 Å². The summed E-state index contributed by atoms with van der Waals surface area (Å²) >= 11 is 6.87. The van der Waals surface area contributed by atoms with Crippen LogP contribution in [-0.2, 0) is 17.1 Å². The molecule has 0 spiro atoms. The highest BCUT2D eigenvalue weighted by molar-refractivity contribution is 7.91. The number of rotatable bonds is 3. The smallest absolute Gasteiger partial charge is 0.272 e. The van der Waals surface area contributed by atoms with Gasteiger partial charge in [0.05, 0.1) is 10.0 Å². The van der Waals surface area contributed by atoms with Crippen LogP contribution in [0.2, 0.25) is 4.34 Å².